The fourth-order valence-electron chi connectivity index (χ4n) is 0.984. The Bertz CT molecular complexity index is 317. The van der Waals surface area contributed by atoms with Gasteiger partial charge in [0.25, 0.3) is 0 Å². The van der Waals surface area contributed by atoms with Crippen LogP contribution in [0.5, 0.6) is 0 Å². The predicted molar refractivity (Wildman–Crippen MR) is 61.4 cm³/mol. The van der Waals surface area contributed by atoms with E-state index in [1.54, 1.807) is 11.8 Å². The minimum absolute atomic E-state index is 0.0109. The average molecular weight is 228 g/mol. The fraction of sp³-hybridized carbons (Fsp3) is 0.333. The van der Waals surface area contributed by atoms with Crippen LogP contribution in [0.4, 0.5) is 0 Å². The molecule has 0 radical (unpaired) electrons. The van der Waals surface area contributed by atoms with Crippen molar-refractivity contribution < 1.29 is 4.79 Å². The van der Waals surface area contributed by atoms with Crippen molar-refractivity contribution in [2.24, 2.45) is 0 Å². The van der Waals surface area contributed by atoms with E-state index in [1.807, 2.05) is 30.7 Å². The molecular formula is C9H12N2OS2. The van der Waals surface area contributed by atoms with Crippen LogP contribution in [0.2, 0.25) is 0 Å². The molecule has 0 atom stereocenters. The van der Waals surface area contributed by atoms with Gasteiger partial charge in [-0.25, -0.2) is 4.98 Å². The first-order chi connectivity index (χ1) is 6.76. The van der Waals surface area contributed by atoms with E-state index in [0.717, 1.165) is 10.7 Å². The summed E-state index contributed by atoms with van der Waals surface area (Å²) < 4.78 is 2.66. The quantitative estimate of drug-likeness (QED) is 0.629. The normalized spacial score (nSPS) is 9.86. The van der Waals surface area contributed by atoms with Crippen LogP contribution < -0.4 is 4.72 Å². The molecule has 1 amide bonds. The van der Waals surface area contributed by atoms with E-state index < -0.39 is 0 Å². The molecular weight excluding hydrogens is 216 g/mol. The highest BCUT2D eigenvalue weighted by Crippen LogP contribution is 2.11. The molecule has 1 N–H and O–H groups in total. The number of pyridine rings is 1. The Balaban J connectivity index is 2.62. The van der Waals surface area contributed by atoms with Crippen LogP contribution >= 0.6 is 23.7 Å². The van der Waals surface area contributed by atoms with Crippen molar-refractivity contribution >= 4 is 29.6 Å². The lowest BCUT2D eigenvalue weighted by molar-refractivity contribution is -0.118. The monoisotopic (exact) mass is 228 g/mol. The number of aromatic nitrogens is 1. The molecule has 0 aliphatic carbocycles. The second-order valence-electron chi connectivity index (χ2n) is 2.58. The second kappa shape index (κ2) is 5.93. The summed E-state index contributed by atoms with van der Waals surface area (Å²) in [7, 11) is 0. The van der Waals surface area contributed by atoms with Crippen molar-refractivity contribution in [1.82, 2.24) is 9.71 Å². The molecule has 0 unspecified atom stereocenters. The van der Waals surface area contributed by atoms with Crippen LogP contribution in [0.1, 0.15) is 5.69 Å². The van der Waals surface area contributed by atoms with Crippen LogP contribution in [0, 0.1) is 0 Å². The Labute approximate surface area is 92.2 Å². The Hall–Kier alpha value is -0.680. The first-order valence-electron chi connectivity index (χ1n) is 4.08. The largest absolute Gasteiger partial charge is 0.300 e. The van der Waals surface area contributed by atoms with E-state index in [9.17, 15) is 4.79 Å². The lowest BCUT2D eigenvalue weighted by atomic mass is 10.3. The zero-order chi connectivity index (χ0) is 10.4. The Kier molecular flexibility index (Phi) is 4.82. The summed E-state index contributed by atoms with van der Waals surface area (Å²) in [4.78, 5) is 15.5. The summed E-state index contributed by atoms with van der Waals surface area (Å²) in [5, 5.41) is 0.944. The molecule has 3 nitrogen and oxygen atoms in total. The van der Waals surface area contributed by atoms with Crippen LogP contribution in [0.25, 0.3) is 0 Å². The second-order valence-corrected chi connectivity index (χ2v) is 4.02. The Morgan fingerprint density at radius 1 is 1.50 bits per heavy atom. The van der Waals surface area contributed by atoms with Crippen molar-refractivity contribution in [3.8, 4) is 0 Å². The van der Waals surface area contributed by atoms with Crippen molar-refractivity contribution in [2.45, 2.75) is 11.4 Å². The summed E-state index contributed by atoms with van der Waals surface area (Å²) in [6.07, 6.45) is 4.13. The van der Waals surface area contributed by atoms with Gasteiger partial charge in [0.05, 0.1) is 17.1 Å². The van der Waals surface area contributed by atoms with Gasteiger partial charge in [-0.2, -0.15) is 0 Å². The van der Waals surface area contributed by atoms with E-state index in [1.165, 1.54) is 11.9 Å². The van der Waals surface area contributed by atoms with Gasteiger partial charge in [-0.15, -0.1) is 11.8 Å². The maximum Gasteiger partial charge on any atom is 0.235 e. The number of hydrogen-bond donors (Lipinski definition) is 1. The third kappa shape index (κ3) is 3.59. The number of thioether (sulfide) groups is 1. The molecule has 76 valence electrons. The van der Waals surface area contributed by atoms with Gasteiger partial charge in [-0.3, -0.25) is 4.79 Å². The molecule has 0 saturated carbocycles. The van der Waals surface area contributed by atoms with Crippen molar-refractivity contribution in [3.05, 3.63) is 23.9 Å². The van der Waals surface area contributed by atoms with Gasteiger partial charge in [0, 0.05) is 6.26 Å². The van der Waals surface area contributed by atoms with Gasteiger partial charge < -0.3 is 4.72 Å². The number of carbonyl (C=O) groups is 1. The van der Waals surface area contributed by atoms with Crippen LogP contribution in [-0.2, 0) is 11.2 Å². The maximum atomic E-state index is 11.2. The van der Waals surface area contributed by atoms with Gasteiger partial charge in [0.15, 0.2) is 0 Å². The van der Waals surface area contributed by atoms with Gasteiger partial charge in [-0.1, -0.05) is 18.0 Å². The number of rotatable bonds is 4. The lowest BCUT2D eigenvalue weighted by Crippen LogP contribution is -2.18. The molecule has 0 aromatic carbocycles. The fourth-order valence-corrected chi connectivity index (χ4v) is 1.71. The third-order valence-electron chi connectivity index (χ3n) is 1.55. The van der Waals surface area contributed by atoms with Gasteiger partial charge in [-0.05, 0) is 18.4 Å². The topological polar surface area (TPSA) is 42.0 Å². The number of hydrogen-bond acceptors (Lipinski definition) is 4. The first-order valence-corrected chi connectivity index (χ1v) is 6.53. The van der Waals surface area contributed by atoms with Crippen LogP contribution in [0.15, 0.2) is 23.2 Å². The molecule has 1 aromatic heterocycles. The average Bonchev–Trinajstić information content (AvgIpc) is 2.18. The molecule has 1 aromatic rings. The van der Waals surface area contributed by atoms with Gasteiger partial charge >= 0.3 is 0 Å². The lowest BCUT2D eigenvalue weighted by Gasteiger charge is -2.02. The zero-order valence-electron chi connectivity index (χ0n) is 8.11. The number of nitrogens with zero attached hydrogens (tertiary/aromatic N) is 1. The van der Waals surface area contributed by atoms with Crippen molar-refractivity contribution in [2.75, 3.05) is 12.5 Å². The number of carbonyl (C=O) groups excluding carboxylic acids is 1. The third-order valence-corrected chi connectivity index (χ3v) is 2.63. The van der Waals surface area contributed by atoms with Gasteiger partial charge in [0.2, 0.25) is 5.91 Å². The standard InChI is InChI=1S/C9H12N2OS2/c1-13-9-5-3-4-7(10-9)6-8(12)11-14-2/h3-5H,6H2,1-2H3,(H,11,12). The van der Waals surface area contributed by atoms with Gasteiger partial charge in [0.1, 0.15) is 0 Å². The molecule has 1 rings (SSSR count). The summed E-state index contributed by atoms with van der Waals surface area (Å²) >= 11 is 2.88. The maximum absolute atomic E-state index is 11.2. The highest BCUT2D eigenvalue weighted by molar-refractivity contribution is 7.98. The molecule has 0 saturated heterocycles. The predicted octanol–water partition coefficient (Wildman–Crippen LogP) is 1.74. The number of nitrogens with one attached hydrogen (secondary N) is 1. The highest BCUT2D eigenvalue weighted by atomic mass is 32.2. The molecule has 1 heterocycles. The van der Waals surface area contributed by atoms with Crippen molar-refractivity contribution in [3.63, 3.8) is 0 Å². The minimum atomic E-state index is -0.0109. The van der Waals surface area contributed by atoms with E-state index in [-0.39, 0.29) is 5.91 Å². The molecule has 0 spiro atoms. The van der Waals surface area contributed by atoms with E-state index >= 15 is 0 Å². The first kappa shape index (κ1) is 11.4. The molecule has 0 bridgehead atoms. The SMILES string of the molecule is CSNC(=O)Cc1cccc(SC)n1. The Morgan fingerprint density at radius 3 is 2.93 bits per heavy atom. The zero-order valence-corrected chi connectivity index (χ0v) is 9.74. The summed E-state index contributed by atoms with van der Waals surface area (Å²) in [5.74, 6) is -0.0109. The summed E-state index contributed by atoms with van der Waals surface area (Å²) in [6.45, 7) is 0. The number of amides is 1. The van der Waals surface area contributed by atoms with Crippen LogP contribution in [0.3, 0.4) is 0 Å². The molecule has 5 heteroatoms. The summed E-state index contributed by atoms with van der Waals surface area (Å²) in [6, 6.07) is 5.71. The van der Waals surface area contributed by atoms with E-state index in [2.05, 4.69) is 9.71 Å². The molecule has 0 fully saturated rings. The molecule has 14 heavy (non-hydrogen) atoms. The molecule has 0 aliphatic heterocycles. The smallest absolute Gasteiger partial charge is 0.235 e. The molecule has 0 aliphatic rings. The van der Waals surface area contributed by atoms with E-state index in [4.69, 9.17) is 0 Å². The minimum Gasteiger partial charge on any atom is -0.300 e. The Morgan fingerprint density at radius 2 is 2.29 bits per heavy atom. The highest BCUT2D eigenvalue weighted by Gasteiger charge is 2.03. The van der Waals surface area contributed by atoms with E-state index in [0.29, 0.717) is 6.42 Å². The summed E-state index contributed by atoms with van der Waals surface area (Å²) in [5.41, 5.74) is 0.809. The van der Waals surface area contributed by atoms with Crippen LogP contribution in [-0.4, -0.2) is 23.4 Å². The van der Waals surface area contributed by atoms with Crippen molar-refractivity contribution in [1.29, 1.82) is 0 Å².